The molecule has 1 aliphatic heterocycles. The summed E-state index contributed by atoms with van der Waals surface area (Å²) in [5.74, 6) is -0.321. The quantitative estimate of drug-likeness (QED) is 0.507. The first-order chi connectivity index (χ1) is 14.6. The van der Waals surface area contributed by atoms with Crippen molar-refractivity contribution in [3.05, 3.63) is 63.5 Å². The summed E-state index contributed by atoms with van der Waals surface area (Å²) in [5, 5.41) is 12.6. The largest absolute Gasteiger partial charge is 0.419 e. The Morgan fingerprint density at radius 2 is 2.00 bits per heavy atom. The lowest BCUT2D eigenvalue weighted by Crippen LogP contribution is -2.47. The molecule has 0 atom stereocenters. The number of aryl methyl sites for hydroxylation is 1. The monoisotopic (exact) mass is 418 g/mol. The van der Waals surface area contributed by atoms with Gasteiger partial charge in [-0.25, -0.2) is 4.79 Å². The van der Waals surface area contributed by atoms with Gasteiger partial charge >= 0.3 is 5.76 Å². The highest BCUT2D eigenvalue weighted by Gasteiger charge is 2.21. The molecule has 2 aromatic heterocycles. The van der Waals surface area contributed by atoms with Crippen molar-refractivity contribution in [2.45, 2.75) is 6.42 Å². The van der Waals surface area contributed by atoms with Gasteiger partial charge in [0.15, 0.2) is 5.58 Å². The van der Waals surface area contributed by atoms with Crippen LogP contribution >= 0.6 is 11.3 Å². The Morgan fingerprint density at radius 3 is 2.80 bits per heavy atom. The number of hydrogen-bond acceptors (Lipinski definition) is 6. The van der Waals surface area contributed by atoms with Crippen LogP contribution in [0.1, 0.15) is 11.1 Å². The molecule has 0 spiro atoms. The molecule has 1 aliphatic rings. The molecule has 0 unspecified atom stereocenters. The lowest BCUT2D eigenvalue weighted by atomic mass is 10.1. The van der Waals surface area contributed by atoms with Crippen LogP contribution in [0.4, 0.5) is 5.69 Å². The first-order valence-electron chi connectivity index (χ1n) is 10.1. The third kappa shape index (κ3) is 3.28. The molecule has 3 heterocycles. The van der Waals surface area contributed by atoms with Gasteiger partial charge in [0.25, 0.3) is 0 Å². The smallest absolute Gasteiger partial charge is 0.405 e. The van der Waals surface area contributed by atoms with Gasteiger partial charge < -0.3 is 9.32 Å². The van der Waals surface area contributed by atoms with Crippen LogP contribution in [0.25, 0.3) is 21.2 Å². The minimum absolute atomic E-state index is 0.321. The maximum Gasteiger partial charge on any atom is 0.419 e. The van der Waals surface area contributed by atoms with Crippen LogP contribution in [0.15, 0.2) is 51.0 Å². The van der Waals surface area contributed by atoms with E-state index in [1.807, 2.05) is 36.4 Å². The summed E-state index contributed by atoms with van der Waals surface area (Å²) in [6.45, 7) is 4.75. The van der Waals surface area contributed by atoms with E-state index in [4.69, 9.17) is 4.42 Å². The molecule has 6 nitrogen and oxygen atoms in total. The van der Waals surface area contributed by atoms with E-state index in [1.54, 1.807) is 23.0 Å². The normalized spacial score (nSPS) is 15.1. The fourth-order valence-electron chi connectivity index (χ4n) is 4.22. The van der Waals surface area contributed by atoms with E-state index in [0.29, 0.717) is 5.58 Å². The van der Waals surface area contributed by atoms with Crippen LogP contribution in [0, 0.1) is 11.3 Å². The average Bonchev–Trinajstić information content (AvgIpc) is 3.32. The van der Waals surface area contributed by atoms with E-state index in [9.17, 15) is 10.1 Å². The molecule has 0 bridgehead atoms. The van der Waals surface area contributed by atoms with E-state index >= 15 is 0 Å². The fraction of sp³-hybridized carbons (Fsp3) is 0.304. The number of nitrogens with zero attached hydrogens (tertiary/aromatic N) is 4. The number of oxazole rings is 1. The first kappa shape index (κ1) is 18.9. The van der Waals surface area contributed by atoms with Gasteiger partial charge in [-0.15, -0.1) is 11.3 Å². The minimum atomic E-state index is -0.321. The standard InChI is InChI=1S/C23H22N4O2S/c1-25-19-3-2-4-20(22(19)29-23(25)28)27-11-9-26(10-12-27)8-7-17-15-30-21-6-5-16(14-24)13-18(17)21/h2-6,13,15H,7-12H2,1H3. The Kier molecular flexibility index (Phi) is 4.81. The SMILES string of the molecule is Cn1c(=O)oc2c(N3CCN(CCc4csc5ccc(C#N)cc45)CC3)cccc21. The van der Waals surface area contributed by atoms with E-state index in [1.165, 1.54) is 15.6 Å². The van der Waals surface area contributed by atoms with Crippen molar-refractivity contribution in [2.24, 2.45) is 7.05 Å². The summed E-state index contributed by atoms with van der Waals surface area (Å²) in [5.41, 5.74) is 4.55. The number of aromatic nitrogens is 1. The predicted octanol–water partition coefficient (Wildman–Crippen LogP) is 3.58. The molecule has 0 radical (unpaired) electrons. The summed E-state index contributed by atoms with van der Waals surface area (Å²) in [4.78, 5) is 16.7. The number of rotatable bonds is 4. The number of para-hydroxylation sites is 1. The second-order valence-electron chi connectivity index (χ2n) is 7.71. The van der Waals surface area contributed by atoms with Crippen LogP contribution in [0.2, 0.25) is 0 Å². The Labute approximate surface area is 178 Å². The second kappa shape index (κ2) is 7.63. The minimum Gasteiger partial charge on any atom is -0.405 e. The van der Waals surface area contributed by atoms with Crippen LogP contribution in [-0.4, -0.2) is 42.2 Å². The van der Waals surface area contributed by atoms with Gasteiger partial charge in [-0.05, 0) is 53.1 Å². The van der Waals surface area contributed by atoms with Gasteiger partial charge in [0.2, 0.25) is 0 Å². The molecule has 2 aromatic carbocycles. The zero-order valence-electron chi connectivity index (χ0n) is 16.8. The van der Waals surface area contributed by atoms with Crippen LogP contribution in [0.3, 0.4) is 0 Å². The van der Waals surface area contributed by atoms with Crippen LogP contribution < -0.4 is 10.7 Å². The van der Waals surface area contributed by atoms with Crippen LogP contribution in [-0.2, 0) is 13.5 Å². The van der Waals surface area contributed by atoms with Crippen molar-refractivity contribution < 1.29 is 4.42 Å². The van der Waals surface area contributed by atoms with E-state index in [2.05, 4.69) is 21.2 Å². The zero-order chi connectivity index (χ0) is 20.7. The van der Waals surface area contributed by atoms with Crippen molar-refractivity contribution in [3.63, 3.8) is 0 Å². The van der Waals surface area contributed by atoms with Gasteiger partial charge in [-0.2, -0.15) is 5.26 Å². The maximum absolute atomic E-state index is 11.9. The lowest BCUT2D eigenvalue weighted by molar-refractivity contribution is 0.261. The number of thiophene rings is 1. The predicted molar refractivity (Wildman–Crippen MR) is 120 cm³/mol. The summed E-state index contributed by atoms with van der Waals surface area (Å²) >= 11 is 1.75. The topological polar surface area (TPSA) is 65.4 Å². The molecule has 0 amide bonds. The van der Waals surface area contributed by atoms with Gasteiger partial charge in [-0.3, -0.25) is 9.47 Å². The van der Waals surface area contributed by atoms with Crippen molar-refractivity contribution >= 4 is 38.2 Å². The third-order valence-electron chi connectivity index (χ3n) is 5.99. The number of benzene rings is 2. The molecule has 152 valence electrons. The van der Waals surface area contributed by atoms with Crippen molar-refractivity contribution in [1.82, 2.24) is 9.47 Å². The van der Waals surface area contributed by atoms with Crippen molar-refractivity contribution in [3.8, 4) is 6.07 Å². The second-order valence-corrected chi connectivity index (χ2v) is 8.63. The van der Waals surface area contributed by atoms with E-state index in [0.717, 1.165) is 55.9 Å². The number of piperazine rings is 1. The molecule has 7 heteroatoms. The van der Waals surface area contributed by atoms with Crippen LogP contribution in [0.5, 0.6) is 0 Å². The Balaban J connectivity index is 1.26. The van der Waals surface area contributed by atoms with Crippen molar-refractivity contribution in [2.75, 3.05) is 37.6 Å². The summed E-state index contributed by atoms with van der Waals surface area (Å²) in [6.07, 6.45) is 0.984. The fourth-order valence-corrected chi connectivity index (χ4v) is 5.20. The maximum atomic E-state index is 11.9. The number of hydrogen-bond donors (Lipinski definition) is 0. The van der Waals surface area contributed by atoms with Crippen molar-refractivity contribution in [1.29, 1.82) is 5.26 Å². The molecule has 1 fully saturated rings. The summed E-state index contributed by atoms with van der Waals surface area (Å²) in [6, 6.07) is 14.1. The highest BCUT2D eigenvalue weighted by Crippen LogP contribution is 2.29. The Hall–Kier alpha value is -3.08. The van der Waals surface area contributed by atoms with Gasteiger partial charge in [0.1, 0.15) is 0 Å². The van der Waals surface area contributed by atoms with Gasteiger partial charge in [-0.1, -0.05) is 6.07 Å². The molecule has 5 rings (SSSR count). The number of anilines is 1. The average molecular weight is 419 g/mol. The molecule has 0 N–H and O–H groups in total. The zero-order valence-corrected chi connectivity index (χ0v) is 17.6. The molecule has 1 saturated heterocycles. The Bertz CT molecular complexity index is 1320. The molecule has 0 saturated carbocycles. The van der Waals surface area contributed by atoms with Gasteiger partial charge in [0.05, 0.1) is 22.8 Å². The molecule has 4 aromatic rings. The van der Waals surface area contributed by atoms with E-state index < -0.39 is 0 Å². The van der Waals surface area contributed by atoms with Gasteiger partial charge in [0, 0.05) is 44.5 Å². The molecular formula is C23H22N4O2S. The summed E-state index contributed by atoms with van der Waals surface area (Å²) < 4.78 is 8.29. The molecule has 30 heavy (non-hydrogen) atoms. The lowest BCUT2D eigenvalue weighted by Gasteiger charge is -2.36. The highest BCUT2D eigenvalue weighted by atomic mass is 32.1. The molecule has 0 aliphatic carbocycles. The molecular weight excluding hydrogens is 396 g/mol. The summed E-state index contributed by atoms with van der Waals surface area (Å²) in [7, 11) is 1.74. The third-order valence-corrected chi connectivity index (χ3v) is 7.00. The highest BCUT2D eigenvalue weighted by molar-refractivity contribution is 7.17. The van der Waals surface area contributed by atoms with E-state index in [-0.39, 0.29) is 5.76 Å². The number of nitriles is 1. The Morgan fingerprint density at radius 1 is 1.17 bits per heavy atom. The number of fused-ring (bicyclic) bond motifs is 2. The first-order valence-corrected chi connectivity index (χ1v) is 11.0.